The third-order valence-corrected chi connectivity index (χ3v) is 6.68. The van der Waals surface area contributed by atoms with E-state index in [0.717, 1.165) is 11.3 Å². The molecule has 0 saturated carbocycles. The van der Waals surface area contributed by atoms with Crippen molar-refractivity contribution in [3.63, 3.8) is 0 Å². The summed E-state index contributed by atoms with van der Waals surface area (Å²) in [5.74, 6) is -1.91. The van der Waals surface area contributed by atoms with Crippen LogP contribution in [0.1, 0.15) is 17.5 Å². The number of likely N-dealkylation sites (N-methyl/N-ethyl adjacent to an activating group) is 1. The Balaban J connectivity index is 1.65. The molecule has 0 aromatic heterocycles. The van der Waals surface area contributed by atoms with Gasteiger partial charge in [0.1, 0.15) is 6.61 Å². The average molecular weight is 473 g/mol. The molecule has 34 heavy (non-hydrogen) atoms. The molecule has 2 heterocycles. The van der Waals surface area contributed by atoms with E-state index in [1.54, 1.807) is 23.5 Å². The highest BCUT2D eigenvalue weighted by Crippen LogP contribution is 2.25. The molecular formula is C23H32N6O5. The highest BCUT2D eigenvalue weighted by molar-refractivity contribution is 5.90. The van der Waals surface area contributed by atoms with Crippen molar-refractivity contribution in [2.75, 3.05) is 58.4 Å². The number of piperidine rings is 1. The summed E-state index contributed by atoms with van der Waals surface area (Å²) in [6.45, 7) is 4.46. The van der Waals surface area contributed by atoms with Crippen LogP contribution >= 0.6 is 0 Å². The Morgan fingerprint density at radius 2 is 2.00 bits per heavy atom. The van der Waals surface area contributed by atoms with E-state index in [1.807, 2.05) is 19.1 Å². The fourth-order valence-electron chi connectivity index (χ4n) is 4.69. The molecule has 184 valence electrons. The van der Waals surface area contributed by atoms with Gasteiger partial charge in [-0.05, 0) is 37.1 Å². The maximum absolute atomic E-state index is 13.3. The quantitative estimate of drug-likeness (QED) is 0.371. The van der Waals surface area contributed by atoms with Crippen LogP contribution < -0.4 is 15.7 Å². The van der Waals surface area contributed by atoms with Crippen LogP contribution in [0.15, 0.2) is 18.2 Å². The monoisotopic (exact) mass is 472 g/mol. The normalized spacial score (nSPS) is 22.6. The number of carbonyl (C=O) groups is 3. The molecule has 0 bridgehead atoms. The predicted molar refractivity (Wildman–Crippen MR) is 123 cm³/mol. The van der Waals surface area contributed by atoms with Gasteiger partial charge in [0.15, 0.2) is 0 Å². The number of ether oxygens (including phenoxy) is 1. The lowest BCUT2D eigenvalue weighted by Gasteiger charge is -2.42. The first kappa shape index (κ1) is 25.4. The molecule has 3 N–H and O–H groups in total. The average Bonchev–Trinajstić information content (AvgIpc) is 2.87. The van der Waals surface area contributed by atoms with E-state index >= 15 is 0 Å². The van der Waals surface area contributed by atoms with Crippen LogP contribution in [0.2, 0.25) is 0 Å². The molecule has 11 heteroatoms. The Morgan fingerprint density at radius 3 is 2.59 bits per heavy atom. The second-order valence-electron chi connectivity index (χ2n) is 8.72. The van der Waals surface area contributed by atoms with Gasteiger partial charge in [-0.25, -0.2) is 5.48 Å². The standard InChI is InChI=1S/C23H32N6O5/c1-15-10-16(12-24)4-5-19(15)28-6-8-29(9-7-28)23(32)21-18(22(31)26-33)11-17(13-25-21)27(2)20(30)14-34-3/h4-5,10,17-18,21,25,33H,6-9,11,13-14H2,1-3H3,(H,26,31)/t17-,18-,21-/m0/s1. The maximum atomic E-state index is 13.3. The first-order chi connectivity index (χ1) is 16.3. The van der Waals surface area contributed by atoms with Gasteiger partial charge in [0.05, 0.1) is 23.6 Å². The molecule has 0 radical (unpaired) electrons. The molecule has 2 fully saturated rings. The number of hydrogen-bond acceptors (Lipinski definition) is 8. The summed E-state index contributed by atoms with van der Waals surface area (Å²) >= 11 is 0. The molecule has 2 aliphatic rings. The van der Waals surface area contributed by atoms with Crippen LogP contribution in [0.5, 0.6) is 0 Å². The van der Waals surface area contributed by atoms with E-state index in [4.69, 9.17) is 10.00 Å². The van der Waals surface area contributed by atoms with E-state index in [0.29, 0.717) is 38.3 Å². The Morgan fingerprint density at radius 1 is 1.29 bits per heavy atom. The molecule has 2 saturated heterocycles. The zero-order chi connectivity index (χ0) is 24.8. The number of amides is 3. The number of nitriles is 1. The van der Waals surface area contributed by atoms with Crippen LogP contribution in [0, 0.1) is 24.2 Å². The Bertz CT molecular complexity index is 956. The molecule has 11 nitrogen and oxygen atoms in total. The molecule has 1 aromatic carbocycles. The smallest absolute Gasteiger partial charge is 0.248 e. The minimum Gasteiger partial charge on any atom is -0.375 e. The van der Waals surface area contributed by atoms with Crippen molar-refractivity contribution < 1.29 is 24.3 Å². The molecule has 3 rings (SSSR count). The van der Waals surface area contributed by atoms with Gasteiger partial charge in [-0.2, -0.15) is 5.26 Å². The lowest BCUT2D eigenvalue weighted by atomic mass is 9.86. The summed E-state index contributed by atoms with van der Waals surface area (Å²) in [7, 11) is 3.07. The summed E-state index contributed by atoms with van der Waals surface area (Å²) in [6, 6.07) is 6.59. The van der Waals surface area contributed by atoms with Crippen molar-refractivity contribution in [1.82, 2.24) is 20.6 Å². The first-order valence-corrected chi connectivity index (χ1v) is 11.3. The van der Waals surface area contributed by atoms with Crippen LogP contribution in [-0.4, -0.2) is 98.3 Å². The molecule has 1 aromatic rings. The first-order valence-electron chi connectivity index (χ1n) is 11.3. The third-order valence-electron chi connectivity index (χ3n) is 6.68. The van der Waals surface area contributed by atoms with Crippen LogP contribution in [-0.2, 0) is 19.1 Å². The summed E-state index contributed by atoms with van der Waals surface area (Å²) < 4.78 is 4.90. The summed E-state index contributed by atoms with van der Waals surface area (Å²) in [5.41, 5.74) is 4.32. The molecule has 3 amide bonds. The molecule has 2 aliphatic heterocycles. The van der Waals surface area contributed by atoms with Gasteiger partial charge < -0.3 is 24.8 Å². The van der Waals surface area contributed by atoms with E-state index in [2.05, 4.69) is 16.3 Å². The predicted octanol–water partition coefficient (Wildman–Crippen LogP) is -0.528. The summed E-state index contributed by atoms with van der Waals surface area (Å²) in [5, 5.41) is 21.5. The number of hydrogen-bond donors (Lipinski definition) is 3. The number of nitrogens with one attached hydrogen (secondary N) is 2. The summed E-state index contributed by atoms with van der Waals surface area (Å²) in [6.07, 6.45) is 0.242. The van der Waals surface area contributed by atoms with Crippen LogP contribution in [0.3, 0.4) is 0 Å². The van der Waals surface area contributed by atoms with Crippen molar-refractivity contribution in [1.29, 1.82) is 5.26 Å². The minimum absolute atomic E-state index is 0.0742. The van der Waals surface area contributed by atoms with Crippen molar-refractivity contribution >= 4 is 23.4 Å². The number of piperazine rings is 1. The van der Waals surface area contributed by atoms with Gasteiger partial charge in [0, 0.05) is 58.6 Å². The fraction of sp³-hybridized carbons (Fsp3) is 0.565. The van der Waals surface area contributed by atoms with Gasteiger partial charge in [-0.3, -0.25) is 19.6 Å². The van der Waals surface area contributed by atoms with Gasteiger partial charge >= 0.3 is 0 Å². The van der Waals surface area contributed by atoms with Gasteiger partial charge in [0.2, 0.25) is 17.7 Å². The molecule has 0 spiro atoms. The van der Waals surface area contributed by atoms with Gasteiger partial charge in [-0.15, -0.1) is 0 Å². The highest BCUT2D eigenvalue weighted by atomic mass is 16.5. The largest absolute Gasteiger partial charge is 0.375 e. The molecule has 0 aliphatic carbocycles. The third kappa shape index (κ3) is 5.47. The van der Waals surface area contributed by atoms with Crippen molar-refractivity contribution in [3.05, 3.63) is 29.3 Å². The summed E-state index contributed by atoms with van der Waals surface area (Å²) in [4.78, 5) is 43.4. The zero-order valence-electron chi connectivity index (χ0n) is 19.8. The number of rotatable bonds is 6. The molecule has 3 atom stereocenters. The fourth-order valence-corrected chi connectivity index (χ4v) is 4.69. The molecular weight excluding hydrogens is 440 g/mol. The van der Waals surface area contributed by atoms with Gasteiger partial charge in [0.25, 0.3) is 0 Å². The number of anilines is 1. The minimum atomic E-state index is -0.826. The Kier molecular flexibility index (Phi) is 8.44. The maximum Gasteiger partial charge on any atom is 0.248 e. The number of hydroxylamine groups is 1. The van der Waals surface area contributed by atoms with Crippen LogP contribution in [0.25, 0.3) is 0 Å². The number of methoxy groups -OCH3 is 1. The van der Waals surface area contributed by atoms with Crippen LogP contribution in [0.4, 0.5) is 5.69 Å². The Labute approximate surface area is 199 Å². The molecule has 0 unspecified atom stereocenters. The lowest BCUT2D eigenvalue weighted by molar-refractivity contribution is -0.146. The van der Waals surface area contributed by atoms with E-state index in [-0.39, 0.29) is 30.9 Å². The number of nitrogens with zero attached hydrogens (tertiary/aromatic N) is 4. The van der Waals surface area contributed by atoms with Gasteiger partial charge in [-0.1, -0.05) is 0 Å². The highest BCUT2D eigenvalue weighted by Gasteiger charge is 2.43. The lowest BCUT2D eigenvalue weighted by Crippen LogP contribution is -2.63. The van der Waals surface area contributed by atoms with E-state index in [9.17, 15) is 19.6 Å². The second kappa shape index (κ2) is 11.3. The second-order valence-corrected chi connectivity index (χ2v) is 8.72. The van der Waals surface area contributed by atoms with Crippen molar-refractivity contribution in [2.24, 2.45) is 5.92 Å². The zero-order valence-corrected chi connectivity index (χ0v) is 19.8. The number of benzene rings is 1. The Hall–Kier alpha value is -3.20. The van der Waals surface area contributed by atoms with Crippen molar-refractivity contribution in [3.8, 4) is 6.07 Å². The topological polar surface area (TPSA) is 138 Å². The van der Waals surface area contributed by atoms with E-state index in [1.165, 1.54) is 12.0 Å². The van der Waals surface area contributed by atoms with E-state index < -0.39 is 17.9 Å². The SMILES string of the molecule is COCC(=O)N(C)[C@@H]1CN[C@H](C(=O)N2CCN(c3ccc(C#N)cc3C)CC2)[C@@H](C(=O)NO)C1. The number of carbonyl (C=O) groups excluding carboxylic acids is 3. The number of aryl methyl sites for hydroxylation is 1. The van der Waals surface area contributed by atoms with Crippen molar-refractivity contribution in [2.45, 2.75) is 25.4 Å².